The molecule has 0 amide bonds. The minimum atomic E-state index is 0.640. The lowest BCUT2D eigenvalue weighted by Crippen LogP contribution is -2.20. The summed E-state index contributed by atoms with van der Waals surface area (Å²) in [4.78, 5) is 0. The number of nitrogens with one attached hydrogen (secondary N) is 1. The first kappa shape index (κ1) is 12.6. The molecule has 1 N–H and O–H groups in total. The van der Waals surface area contributed by atoms with E-state index in [1.54, 1.807) is 5.56 Å². The molecule has 0 radical (unpaired) electrons. The zero-order chi connectivity index (χ0) is 12.3. The summed E-state index contributed by atoms with van der Waals surface area (Å²) in [6.07, 6.45) is 4.15. The van der Waals surface area contributed by atoms with Gasteiger partial charge in [0.25, 0.3) is 0 Å². The van der Waals surface area contributed by atoms with Crippen LogP contribution < -0.4 is 5.32 Å². The average molecular weight is 231 g/mol. The van der Waals surface area contributed by atoms with E-state index in [1.165, 1.54) is 24.8 Å². The first-order valence-electron chi connectivity index (χ1n) is 6.97. The highest BCUT2D eigenvalue weighted by Gasteiger charge is 2.27. The molecule has 0 heterocycles. The van der Waals surface area contributed by atoms with Gasteiger partial charge in [0.05, 0.1) is 0 Å². The Labute approximate surface area is 106 Å². The summed E-state index contributed by atoms with van der Waals surface area (Å²) >= 11 is 0. The van der Waals surface area contributed by atoms with Crippen LogP contribution in [0.3, 0.4) is 0 Å². The lowest BCUT2D eigenvalue weighted by Gasteiger charge is -2.20. The van der Waals surface area contributed by atoms with Crippen molar-refractivity contribution in [2.75, 3.05) is 13.6 Å². The van der Waals surface area contributed by atoms with E-state index in [4.69, 9.17) is 0 Å². The summed E-state index contributed by atoms with van der Waals surface area (Å²) in [5, 5.41) is 3.34. The van der Waals surface area contributed by atoms with Gasteiger partial charge in [-0.05, 0) is 55.3 Å². The quantitative estimate of drug-likeness (QED) is 0.828. The average Bonchev–Trinajstić information content (AvgIpc) is 2.78. The Morgan fingerprint density at radius 3 is 2.47 bits per heavy atom. The lowest BCUT2D eigenvalue weighted by atomic mass is 9.87. The largest absolute Gasteiger partial charge is 0.319 e. The van der Waals surface area contributed by atoms with Crippen LogP contribution in [0, 0.1) is 5.92 Å². The van der Waals surface area contributed by atoms with Crippen molar-refractivity contribution in [3.8, 4) is 0 Å². The molecule has 1 aliphatic rings. The fourth-order valence-corrected chi connectivity index (χ4v) is 3.11. The highest BCUT2D eigenvalue weighted by Crippen LogP contribution is 2.39. The van der Waals surface area contributed by atoms with Crippen LogP contribution in [-0.2, 0) is 0 Å². The van der Waals surface area contributed by atoms with Crippen molar-refractivity contribution in [1.82, 2.24) is 5.32 Å². The third-order valence-electron chi connectivity index (χ3n) is 4.16. The summed E-state index contributed by atoms with van der Waals surface area (Å²) in [6, 6.07) is 9.34. The van der Waals surface area contributed by atoms with Gasteiger partial charge in [0.15, 0.2) is 0 Å². The molecule has 1 nitrogen and oxygen atoms in total. The van der Waals surface area contributed by atoms with Gasteiger partial charge >= 0.3 is 0 Å². The normalized spacial score (nSPS) is 24.5. The molecule has 1 aliphatic carbocycles. The number of hydrogen-bond acceptors (Lipinski definition) is 1. The van der Waals surface area contributed by atoms with Crippen LogP contribution in [0.5, 0.6) is 0 Å². The molecule has 0 spiro atoms. The topological polar surface area (TPSA) is 12.0 Å². The van der Waals surface area contributed by atoms with E-state index < -0.39 is 0 Å². The third-order valence-corrected chi connectivity index (χ3v) is 4.16. The molecule has 0 saturated heterocycles. The van der Waals surface area contributed by atoms with Gasteiger partial charge in [-0.15, -0.1) is 0 Å². The minimum Gasteiger partial charge on any atom is -0.319 e. The number of hydrogen-bond donors (Lipinski definition) is 1. The van der Waals surface area contributed by atoms with Crippen LogP contribution in [0.1, 0.15) is 56.1 Å². The van der Waals surface area contributed by atoms with Crippen molar-refractivity contribution < 1.29 is 0 Å². The maximum Gasteiger partial charge on any atom is -0.00177 e. The summed E-state index contributed by atoms with van der Waals surface area (Å²) in [5.41, 5.74) is 3.00. The first-order chi connectivity index (χ1) is 8.22. The summed E-state index contributed by atoms with van der Waals surface area (Å²) < 4.78 is 0. The maximum absolute atomic E-state index is 3.34. The van der Waals surface area contributed by atoms with Crippen LogP contribution in [-0.4, -0.2) is 13.6 Å². The standard InChI is InChI=1S/C16H25N/c1-12(2)13-7-9-14(10-8-13)16-6-4-5-15(16)11-17-3/h7-10,12,15-17H,4-6,11H2,1-3H3. The van der Waals surface area contributed by atoms with Crippen molar-refractivity contribution >= 4 is 0 Å². The molecule has 0 aromatic heterocycles. The first-order valence-corrected chi connectivity index (χ1v) is 6.97. The van der Waals surface area contributed by atoms with Crippen molar-refractivity contribution in [2.45, 2.75) is 44.9 Å². The molecule has 1 aromatic rings. The Morgan fingerprint density at radius 1 is 1.18 bits per heavy atom. The van der Waals surface area contributed by atoms with E-state index in [-0.39, 0.29) is 0 Å². The monoisotopic (exact) mass is 231 g/mol. The van der Waals surface area contributed by atoms with Gasteiger partial charge in [-0.1, -0.05) is 44.5 Å². The van der Waals surface area contributed by atoms with Crippen molar-refractivity contribution in [2.24, 2.45) is 5.92 Å². The fraction of sp³-hybridized carbons (Fsp3) is 0.625. The fourth-order valence-electron chi connectivity index (χ4n) is 3.11. The molecule has 2 unspecified atom stereocenters. The Morgan fingerprint density at radius 2 is 1.88 bits per heavy atom. The Bertz CT molecular complexity index is 339. The van der Waals surface area contributed by atoms with Gasteiger partial charge in [-0.2, -0.15) is 0 Å². The highest BCUT2D eigenvalue weighted by molar-refractivity contribution is 5.28. The minimum absolute atomic E-state index is 0.640. The molecule has 94 valence electrons. The van der Waals surface area contributed by atoms with E-state index in [0.717, 1.165) is 18.4 Å². The van der Waals surface area contributed by atoms with Gasteiger partial charge in [-0.3, -0.25) is 0 Å². The smallest absolute Gasteiger partial charge is 0.00177 e. The van der Waals surface area contributed by atoms with Crippen molar-refractivity contribution in [3.05, 3.63) is 35.4 Å². The van der Waals surface area contributed by atoms with E-state index >= 15 is 0 Å². The number of benzene rings is 1. The molecule has 1 saturated carbocycles. The summed E-state index contributed by atoms with van der Waals surface area (Å²) in [7, 11) is 2.07. The van der Waals surface area contributed by atoms with Gasteiger partial charge in [-0.25, -0.2) is 0 Å². The Kier molecular flexibility index (Phi) is 4.22. The summed E-state index contributed by atoms with van der Waals surface area (Å²) in [6.45, 7) is 5.68. The number of rotatable bonds is 4. The maximum atomic E-state index is 3.34. The lowest BCUT2D eigenvalue weighted by molar-refractivity contribution is 0.462. The van der Waals surface area contributed by atoms with E-state index in [0.29, 0.717) is 5.92 Å². The highest BCUT2D eigenvalue weighted by atomic mass is 14.8. The van der Waals surface area contributed by atoms with Crippen LogP contribution >= 0.6 is 0 Å². The Hall–Kier alpha value is -0.820. The molecule has 1 aromatic carbocycles. The predicted octanol–water partition coefficient (Wildman–Crippen LogP) is 3.91. The zero-order valence-corrected chi connectivity index (χ0v) is 11.4. The zero-order valence-electron chi connectivity index (χ0n) is 11.4. The second-order valence-corrected chi connectivity index (χ2v) is 5.68. The molecule has 0 aliphatic heterocycles. The van der Waals surface area contributed by atoms with Crippen LogP contribution in [0.15, 0.2) is 24.3 Å². The van der Waals surface area contributed by atoms with E-state index in [2.05, 4.69) is 50.5 Å². The van der Waals surface area contributed by atoms with Gasteiger partial charge in [0.2, 0.25) is 0 Å². The van der Waals surface area contributed by atoms with Crippen LogP contribution in [0.4, 0.5) is 0 Å². The molecule has 2 rings (SSSR count). The molecule has 17 heavy (non-hydrogen) atoms. The molecule has 1 heteroatoms. The molecule has 0 bridgehead atoms. The van der Waals surface area contributed by atoms with Gasteiger partial charge in [0, 0.05) is 0 Å². The second kappa shape index (κ2) is 5.68. The van der Waals surface area contributed by atoms with Gasteiger partial charge in [0.1, 0.15) is 0 Å². The van der Waals surface area contributed by atoms with Crippen LogP contribution in [0.25, 0.3) is 0 Å². The Balaban J connectivity index is 2.10. The van der Waals surface area contributed by atoms with Crippen molar-refractivity contribution in [1.29, 1.82) is 0 Å². The molecular weight excluding hydrogens is 206 g/mol. The SMILES string of the molecule is CNCC1CCCC1c1ccc(C(C)C)cc1. The summed E-state index contributed by atoms with van der Waals surface area (Å²) in [5.74, 6) is 2.26. The molecule has 2 atom stereocenters. The molecular formula is C16H25N. The molecule has 1 fully saturated rings. The van der Waals surface area contributed by atoms with Gasteiger partial charge < -0.3 is 5.32 Å². The van der Waals surface area contributed by atoms with E-state index in [9.17, 15) is 0 Å². The van der Waals surface area contributed by atoms with Crippen molar-refractivity contribution in [3.63, 3.8) is 0 Å². The predicted molar refractivity (Wildman–Crippen MR) is 74.5 cm³/mol. The van der Waals surface area contributed by atoms with E-state index in [1.807, 2.05) is 0 Å². The van der Waals surface area contributed by atoms with Crippen LogP contribution in [0.2, 0.25) is 0 Å². The third kappa shape index (κ3) is 2.90. The second-order valence-electron chi connectivity index (χ2n) is 5.68.